The monoisotopic (exact) mass is 316 g/mol. The number of hydrogen-bond acceptors (Lipinski definition) is 3. The van der Waals surface area contributed by atoms with Gasteiger partial charge in [-0.15, -0.1) is 0 Å². The van der Waals surface area contributed by atoms with E-state index in [4.69, 9.17) is 5.73 Å². The average molecular weight is 316 g/mol. The fourth-order valence-corrected chi connectivity index (χ4v) is 3.22. The molecular formula is C14H12F4N2O2. The van der Waals surface area contributed by atoms with Crippen LogP contribution in [0.2, 0.25) is 0 Å². The van der Waals surface area contributed by atoms with E-state index in [1.54, 1.807) is 0 Å². The molecule has 22 heavy (non-hydrogen) atoms. The van der Waals surface area contributed by atoms with Crippen molar-refractivity contribution in [2.45, 2.75) is 25.7 Å². The van der Waals surface area contributed by atoms with Crippen LogP contribution in [0.5, 0.6) is 0 Å². The van der Waals surface area contributed by atoms with Crippen molar-refractivity contribution < 1.29 is 27.2 Å². The summed E-state index contributed by atoms with van der Waals surface area (Å²) >= 11 is 0. The molecular weight excluding hydrogens is 304 g/mol. The molecule has 0 bridgehead atoms. The fourth-order valence-electron chi connectivity index (χ4n) is 3.22. The zero-order chi connectivity index (χ0) is 16.2. The first kappa shape index (κ1) is 14.8. The van der Waals surface area contributed by atoms with E-state index in [1.165, 1.54) is 0 Å². The van der Waals surface area contributed by atoms with Gasteiger partial charge in [0.15, 0.2) is 23.3 Å². The van der Waals surface area contributed by atoms with Gasteiger partial charge >= 0.3 is 0 Å². The number of carbonyl (C=O) groups is 2. The van der Waals surface area contributed by atoms with Gasteiger partial charge in [0.05, 0.1) is 11.8 Å². The van der Waals surface area contributed by atoms with Crippen molar-refractivity contribution in [2.24, 2.45) is 11.8 Å². The second kappa shape index (κ2) is 4.96. The van der Waals surface area contributed by atoms with Crippen LogP contribution in [-0.2, 0) is 9.59 Å². The number of nitrogens with zero attached hydrogens (tertiary/aromatic N) is 1. The molecule has 0 aromatic heterocycles. The molecule has 0 radical (unpaired) electrons. The number of carbonyl (C=O) groups excluding carboxylic acids is 2. The van der Waals surface area contributed by atoms with Gasteiger partial charge in [-0.2, -0.15) is 0 Å². The standard InChI is InChI=1S/C14H12F4N2O2/c15-7-9(17)12(10(18)8(16)11(7)19)20-13(21)5-3-1-2-4-6(5)14(20)22/h5-6H,1-4,19H2. The molecule has 2 N–H and O–H groups in total. The number of amides is 2. The summed E-state index contributed by atoms with van der Waals surface area (Å²) in [6.07, 6.45) is 2.25. The lowest BCUT2D eigenvalue weighted by Gasteiger charge is -2.19. The second-order valence-electron chi connectivity index (χ2n) is 5.53. The van der Waals surface area contributed by atoms with Crippen molar-refractivity contribution >= 4 is 23.2 Å². The van der Waals surface area contributed by atoms with Crippen molar-refractivity contribution in [1.82, 2.24) is 0 Å². The summed E-state index contributed by atoms with van der Waals surface area (Å²) in [4.78, 5) is 24.7. The lowest BCUT2D eigenvalue weighted by molar-refractivity contribution is -0.122. The van der Waals surface area contributed by atoms with Gasteiger partial charge in [0, 0.05) is 0 Å². The van der Waals surface area contributed by atoms with Crippen LogP contribution >= 0.6 is 0 Å². The van der Waals surface area contributed by atoms with Gasteiger partial charge in [-0.3, -0.25) is 9.59 Å². The molecule has 2 fully saturated rings. The summed E-state index contributed by atoms with van der Waals surface area (Å²) < 4.78 is 55.1. The normalized spacial score (nSPS) is 24.8. The predicted molar refractivity (Wildman–Crippen MR) is 68.6 cm³/mol. The highest BCUT2D eigenvalue weighted by atomic mass is 19.2. The van der Waals surface area contributed by atoms with E-state index in [0.29, 0.717) is 25.7 Å². The summed E-state index contributed by atoms with van der Waals surface area (Å²) in [5, 5.41) is 0. The first-order valence-corrected chi connectivity index (χ1v) is 6.85. The molecule has 2 atom stereocenters. The molecule has 118 valence electrons. The van der Waals surface area contributed by atoms with Crippen molar-refractivity contribution in [3.63, 3.8) is 0 Å². The topological polar surface area (TPSA) is 63.4 Å². The number of nitrogen functional groups attached to an aromatic ring is 1. The van der Waals surface area contributed by atoms with Crippen LogP contribution in [0.25, 0.3) is 0 Å². The van der Waals surface area contributed by atoms with Crippen LogP contribution in [0.4, 0.5) is 28.9 Å². The number of fused-ring (bicyclic) bond motifs is 1. The molecule has 1 saturated heterocycles. The Labute approximate surface area is 122 Å². The number of imide groups is 1. The van der Waals surface area contributed by atoms with Crippen LogP contribution in [0, 0.1) is 35.1 Å². The van der Waals surface area contributed by atoms with Crippen molar-refractivity contribution in [2.75, 3.05) is 10.6 Å². The van der Waals surface area contributed by atoms with Gasteiger partial charge in [0.25, 0.3) is 0 Å². The first-order chi connectivity index (χ1) is 10.4. The number of anilines is 2. The molecule has 0 spiro atoms. The Hall–Kier alpha value is -2.12. The smallest absolute Gasteiger partial charge is 0.237 e. The highest BCUT2D eigenvalue weighted by Crippen LogP contribution is 2.42. The number of nitrogens with two attached hydrogens (primary N) is 1. The quantitative estimate of drug-likeness (QED) is 0.375. The van der Waals surface area contributed by atoms with Gasteiger partial charge < -0.3 is 5.73 Å². The number of hydrogen-bond donors (Lipinski definition) is 1. The first-order valence-electron chi connectivity index (χ1n) is 6.85. The fraction of sp³-hybridized carbons (Fsp3) is 0.429. The molecule has 4 nitrogen and oxygen atoms in total. The maximum Gasteiger partial charge on any atom is 0.237 e. The Kier molecular flexibility index (Phi) is 3.34. The highest BCUT2D eigenvalue weighted by Gasteiger charge is 2.51. The number of benzene rings is 1. The van der Waals surface area contributed by atoms with Crippen LogP contribution in [0.1, 0.15) is 25.7 Å². The van der Waals surface area contributed by atoms with E-state index >= 15 is 0 Å². The third kappa shape index (κ3) is 1.82. The molecule has 1 aromatic rings. The molecule has 1 saturated carbocycles. The highest BCUT2D eigenvalue weighted by molar-refractivity contribution is 6.22. The van der Waals surface area contributed by atoms with Gasteiger partial charge in [-0.1, -0.05) is 12.8 Å². The van der Waals surface area contributed by atoms with Crippen LogP contribution in [-0.4, -0.2) is 11.8 Å². The Morgan fingerprint density at radius 3 is 1.64 bits per heavy atom. The molecule has 1 aliphatic carbocycles. The predicted octanol–water partition coefficient (Wildman–Crippen LogP) is 2.50. The maximum atomic E-state index is 14.0. The summed E-state index contributed by atoms with van der Waals surface area (Å²) in [6.45, 7) is 0. The molecule has 1 aromatic carbocycles. The summed E-state index contributed by atoms with van der Waals surface area (Å²) in [5.74, 6) is -10.3. The van der Waals surface area contributed by atoms with Crippen molar-refractivity contribution in [3.8, 4) is 0 Å². The maximum absolute atomic E-state index is 14.0. The van der Waals surface area contributed by atoms with Gasteiger partial charge in [-0.05, 0) is 12.8 Å². The lowest BCUT2D eigenvalue weighted by atomic mass is 9.81. The van der Waals surface area contributed by atoms with E-state index in [-0.39, 0.29) is 4.90 Å². The minimum atomic E-state index is -1.84. The van der Waals surface area contributed by atoms with E-state index in [2.05, 4.69) is 0 Å². The van der Waals surface area contributed by atoms with E-state index in [0.717, 1.165) is 0 Å². The summed E-state index contributed by atoms with van der Waals surface area (Å²) in [6, 6.07) is 0. The molecule has 1 aliphatic heterocycles. The van der Waals surface area contributed by atoms with Crippen LogP contribution < -0.4 is 10.6 Å². The van der Waals surface area contributed by atoms with E-state index in [9.17, 15) is 27.2 Å². The lowest BCUT2D eigenvalue weighted by Crippen LogP contribution is -2.33. The third-order valence-electron chi connectivity index (χ3n) is 4.34. The second-order valence-corrected chi connectivity index (χ2v) is 5.53. The molecule has 3 rings (SSSR count). The SMILES string of the molecule is Nc1c(F)c(F)c(N2C(=O)C3CCCCC3C2=O)c(F)c1F. The Morgan fingerprint density at radius 2 is 1.23 bits per heavy atom. The molecule has 2 unspecified atom stereocenters. The zero-order valence-electron chi connectivity index (χ0n) is 11.3. The number of halogens is 4. The molecule has 2 aliphatic rings. The van der Waals surface area contributed by atoms with Crippen molar-refractivity contribution in [1.29, 1.82) is 0 Å². The van der Waals surface area contributed by atoms with Gasteiger partial charge in [0.2, 0.25) is 11.8 Å². The Bertz CT molecular complexity index is 639. The Morgan fingerprint density at radius 1 is 0.818 bits per heavy atom. The average Bonchev–Trinajstić information content (AvgIpc) is 2.77. The van der Waals surface area contributed by atoms with Crippen LogP contribution in [0.3, 0.4) is 0 Å². The van der Waals surface area contributed by atoms with E-state index < -0.39 is 58.3 Å². The zero-order valence-corrected chi connectivity index (χ0v) is 11.3. The summed E-state index contributed by atoms with van der Waals surface area (Å²) in [5.41, 5.74) is 2.28. The summed E-state index contributed by atoms with van der Waals surface area (Å²) in [7, 11) is 0. The van der Waals surface area contributed by atoms with Gasteiger partial charge in [-0.25, -0.2) is 22.5 Å². The number of rotatable bonds is 1. The largest absolute Gasteiger partial charge is 0.394 e. The van der Waals surface area contributed by atoms with Crippen LogP contribution in [0.15, 0.2) is 0 Å². The van der Waals surface area contributed by atoms with E-state index in [1.807, 2.05) is 0 Å². The molecule has 2 amide bonds. The minimum absolute atomic E-state index is 0.233. The Balaban J connectivity index is 2.16. The third-order valence-corrected chi connectivity index (χ3v) is 4.34. The van der Waals surface area contributed by atoms with Gasteiger partial charge in [0.1, 0.15) is 11.4 Å². The minimum Gasteiger partial charge on any atom is -0.394 e. The molecule has 1 heterocycles. The van der Waals surface area contributed by atoms with Crippen molar-refractivity contribution in [3.05, 3.63) is 23.3 Å². The molecule has 8 heteroatoms.